The molecule has 0 unspecified atom stereocenters. The Morgan fingerprint density at radius 3 is 2.48 bits per heavy atom. The number of benzene rings is 1. The Bertz CT molecular complexity index is 514. The molecule has 0 aliphatic carbocycles. The zero-order valence-corrected chi connectivity index (χ0v) is 13.1. The second-order valence-corrected chi connectivity index (χ2v) is 5.16. The normalized spacial score (nSPS) is 10.5. The molecular formula is C15H24N4O2. The number of amides is 2. The molecule has 116 valence electrons. The predicted octanol–water partition coefficient (Wildman–Crippen LogP) is 0.926. The summed E-state index contributed by atoms with van der Waals surface area (Å²) in [7, 11) is 3.40. The van der Waals surface area contributed by atoms with E-state index in [1.54, 1.807) is 31.1 Å². The average Bonchev–Trinajstić information content (AvgIpc) is 2.42. The maximum absolute atomic E-state index is 12.1. The summed E-state index contributed by atoms with van der Waals surface area (Å²) in [5.41, 5.74) is 8.00. The fourth-order valence-electron chi connectivity index (χ4n) is 1.79. The Hall–Kier alpha value is -2.08. The third kappa shape index (κ3) is 5.07. The first-order valence-electron chi connectivity index (χ1n) is 6.92. The molecule has 0 aromatic heterocycles. The summed E-state index contributed by atoms with van der Waals surface area (Å²) in [6.07, 6.45) is 0. The third-order valence-corrected chi connectivity index (χ3v) is 3.32. The van der Waals surface area contributed by atoms with Crippen LogP contribution in [0.3, 0.4) is 0 Å². The summed E-state index contributed by atoms with van der Waals surface area (Å²) in [6.45, 7) is 4.81. The van der Waals surface area contributed by atoms with E-state index < -0.39 is 0 Å². The number of rotatable bonds is 6. The molecule has 2 amide bonds. The second kappa shape index (κ2) is 7.64. The Labute approximate surface area is 125 Å². The van der Waals surface area contributed by atoms with Gasteiger partial charge in [0.15, 0.2) is 0 Å². The van der Waals surface area contributed by atoms with Gasteiger partial charge in [0.25, 0.3) is 0 Å². The number of hydrogen-bond donors (Lipinski definition) is 2. The van der Waals surface area contributed by atoms with Crippen molar-refractivity contribution in [3.63, 3.8) is 0 Å². The van der Waals surface area contributed by atoms with Crippen molar-refractivity contribution in [3.8, 4) is 0 Å². The molecule has 6 nitrogen and oxygen atoms in total. The van der Waals surface area contributed by atoms with Gasteiger partial charge in [0.05, 0.1) is 13.1 Å². The van der Waals surface area contributed by atoms with Crippen LogP contribution in [-0.2, 0) is 9.59 Å². The molecule has 1 aromatic carbocycles. The standard InChI is InChI=1S/C15H24N4O2/c1-5-19(10-15(21)18(3)4)9-14(20)17-13-8-6-7-12(16)11(13)2/h6-8H,5,9-10,16H2,1-4H3,(H,17,20). The minimum Gasteiger partial charge on any atom is -0.398 e. The van der Waals surface area contributed by atoms with Crippen LogP contribution < -0.4 is 11.1 Å². The van der Waals surface area contributed by atoms with Gasteiger partial charge in [0, 0.05) is 25.5 Å². The van der Waals surface area contributed by atoms with Crippen molar-refractivity contribution in [1.29, 1.82) is 0 Å². The fourth-order valence-corrected chi connectivity index (χ4v) is 1.79. The highest BCUT2D eigenvalue weighted by atomic mass is 16.2. The zero-order valence-electron chi connectivity index (χ0n) is 13.1. The molecule has 1 rings (SSSR count). The minimum absolute atomic E-state index is 0.0233. The smallest absolute Gasteiger partial charge is 0.238 e. The third-order valence-electron chi connectivity index (χ3n) is 3.32. The Morgan fingerprint density at radius 2 is 1.90 bits per heavy atom. The Balaban J connectivity index is 2.63. The van der Waals surface area contributed by atoms with Gasteiger partial charge < -0.3 is 16.0 Å². The van der Waals surface area contributed by atoms with Crippen molar-refractivity contribution in [2.45, 2.75) is 13.8 Å². The van der Waals surface area contributed by atoms with Crippen LogP contribution in [0.5, 0.6) is 0 Å². The zero-order chi connectivity index (χ0) is 16.0. The molecule has 0 aliphatic rings. The van der Waals surface area contributed by atoms with Crippen molar-refractivity contribution in [2.75, 3.05) is 44.8 Å². The highest BCUT2D eigenvalue weighted by molar-refractivity contribution is 5.94. The number of likely N-dealkylation sites (N-methyl/N-ethyl adjacent to an activating group) is 2. The number of nitrogens with zero attached hydrogens (tertiary/aromatic N) is 2. The van der Waals surface area contributed by atoms with E-state index in [0.29, 0.717) is 17.9 Å². The van der Waals surface area contributed by atoms with Gasteiger partial charge in [0.1, 0.15) is 0 Å². The van der Waals surface area contributed by atoms with Crippen molar-refractivity contribution in [1.82, 2.24) is 9.80 Å². The van der Waals surface area contributed by atoms with Gasteiger partial charge in [-0.15, -0.1) is 0 Å². The van der Waals surface area contributed by atoms with E-state index >= 15 is 0 Å². The summed E-state index contributed by atoms with van der Waals surface area (Å²) >= 11 is 0. The largest absolute Gasteiger partial charge is 0.398 e. The first kappa shape index (κ1) is 17.0. The number of anilines is 2. The highest BCUT2D eigenvalue weighted by Gasteiger charge is 2.15. The van der Waals surface area contributed by atoms with Gasteiger partial charge in [-0.2, -0.15) is 0 Å². The van der Waals surface area contributed by atoms with Gasteiger partial charge in [-0.25, -0.2) is 0 Å². The molecule has 0 saturated heterocycles. The van der Waals surface area contributed by atoms with Gasteiger partial charge in [-0.1, -0.05) is 13.0 Å². The molecule has 6 heteroatoms. The maximum atomic E-state index is 12.1. The quantitative estimate of drug-likeness (QED) is 0.764. The van der Waals surface area contributed by atoms with Crippen molar-refractivity contribution >= 4 is 23.2 Å². The monoisotopic (exact) mass is 292 g/mol. The number of nitrogens with two attached hydrogens (primary N) is 1. The van der Waals surface area contributed by atoms with Crippen molar-refractivity contribution < 1.29 is 9.59 Å². The molecule has 0 spiro atoms. The van der Waals surface area contributed by atoms with Crippen LogP contribution in [0.15, 0.2) is 18.2 Å². The van der Waals surface area contributed by atoms with Crippen LogP contribution in [-0.4, -0.2) is 55.3 Å². The van der Waals surface area contributed by atoms with E-state index in [2.05, 4.69) is 5.32 Å². The molecule has 0 saturated carbocycles. The minimum atomic E-state index is -0.155. The van der Waals surface area contributed by atoms with E-state index in [-0.39, 0.29) is 24.9 Å². The number of carbonyl (C=O) groups excluding carboxylic acids is 2. The summed E-state index contributed by atoms with van der Waals surface area (Å²) in [5.74, 6) is -0.179. The summed E-state index contributed by atoms with van der Waals surface area (Å²) < 4.78 is 0. The lowest BCUT2D eigenvalue weighted by atomic mass is 10.1. The van der Waals surface area contributed by atoms with E-state index in [1.807, 2.05) is 19.9 Å². The molecule has 0 aliphatic heterocycles. The number of nitrogen functional groups attached to an aromatic ring is 1. The van der Waals surface area contributed by atoms with Crippen LogP contribution >= 0.6 is 0 Å². The summed E-state index contributed by atoms with van der Waals surface area (Å²) in [5, 5.41) is 2.83. The van der Waals surface area contributed by atoms with Gasteiger partial charge in [-0.3, -0.25) is 14.5 Å². The lowest BCUT2D eigenvalue weighted by Crippen LogP contribution is -2.40. The number of nitrogens with one attached hydrogen (secondary N) is 1. The average molecular weight is 292 g/mol. The highest BCUT2D eigenvalue weighted by Crippen LogP contribution is 2.20. The summed E-state index contributed by atoms with van der Waals surface area (Å²) in [4.78, 5) is 27.1. The first-order chi connectivity index (χ1) is 9.85. The lowest BCUT2D eigenvalue weighted by Gasteiger charge is -2.21. The maximum Gasteiger partial charge on any atom is 0.238 e. The molecule has 0 heterocycles. The molecule has 0 atom stereocenters. The van der Waals surface area contributed by atoms with E-state index in [0.717, 1.165) is 5.56 Å². The van der Waals surface area contributed by atoms with Gasteiger partial charge in [0.2, 0.25) is 11.8 Å². The van der Waals surface area contributed by atoms with E-state index in [9.17, 15) is 9.59 Å². The topological polar surface area (TPSA) is 78.7 Å². The van der Waals surface area contributed by atoms with Crippen molar-refractivity contribution in [3.05, 3.63) is 23.8 Å². The molecule has 3 N–H and O–H groups in total. The molecule has 1 aromatic rings. The van der Waals surface area contributed by atoms with Crippen LogP contribution in [0, 0.1) is 6.92 Å². The van der Waals surface area contributed by atoms with Crippen LogP contribution in [0.2, 0.25) is 0 Å². The van der Waals surface area contributed by atoms with Crippen LogP contribution in [0.25, 0.3) is 0 Å². The predicted molar refractivity (Wildman–Crippen MR) is 85.0 cm³/mol. The van der Waals surface area contributed by atoms with E-state index in [1.165, 1.54) is 4.90 Å². The van der Waals surface area contributed by atoms with E-state index in [4.69, 9.17) is 5.73 Å². The molecule has 21 heavy (non-hydrogen) atoms. The summed E-state index contributed by atoms with van der Waals surface area (Å²) in [6, 6.07) is 5.40. The number of hydrogen-bond acceptors (Lipinski definition) is 4. The first-order valence-corrected chi connectivity index (χ1v) is 6.92. The SMILES string of the molecule is CCN(CC(=O)Nc1cccc(N)c1C)CC(=O)N(C)C. The number of carbonyl (C=O) groups is 2. The van der Waals surface area contributed by atoms with Crippen LogP contribution in [0.1, 0.15) is 12.5 Å². The van der Waals surface area contributed by atoms with Crippen LogP contribution in [0.4, 0.5) is 11.4 Å². The van der Waals surface area contributed by atoms with Gasteiger partial charge in [-0.05, 0) is 31.2 Å². The van der Waals surface area contributed by atoms with Crippen molar-refractivity contribution in [2.24, 2.45) is 0 Å². The molecular weight excluding hydrogens is 268 g/mol. The van der Waals surface area contributed by atoms with Gasteiger partial charge >= 0.3 is 0 Å². The lowest BCUT2D eigenvalue weighted by molar-refractivity contribution is -0.130. The molecule has 0 fully saturated rings. The molecule has 0 bridgehead atoms. The second-order valence-electron chi connectivity index (χ2n) is 5.16. The fraction of sp³-hybridized carbons (Fsp3) is 0.467. The Kier molecular flexibility index (Phi) is 6.17. The Morgan fingerprint density at radius 1 is 1.24 bits per heavy atom. The molecule has 0 radical (unpaired) electrons.